The van der Waals surface area contributed by atoms with Crippen molar-refractivity contribution in [2.45, 2.75) is 19.4 Å². The summed E-state index contributed by atoms with van der Waals surface area (Å²) in [5, 5.41) is 10.2. The average molecular weight is 278 g/mol. The second kappa shape index (κ2) is 6.10. The van der Waals surface area contributed by atoms with Gasteiger partial charge >= 0.3 is 5.97 Å². The predicted octanol–water partition coefficient (Wildman–Crippen LogP) is 2.13. The van der Waals surface area contributed by atoms with Crippen molar-refractivity contribution in [2.75, 3.05) is 6.61 Å². The number of phenolic OH excluding ortho intramolecular Hbond substituents is 1. The van der Waals surface area contributed by atoms with Crippen LogP contribution in [0.2, 0.25) is 10.0 Å². The Morgan fingerprint density at radius 2 is 2.06 bits per heavy atom. The lowest BCUT2D eigenvalue weighted by molar-refractivity contribution is -0.144. The Hall–Kier alpha value is -0.970. The lowest BCUT2D eigenvalue weighted by Crippen LogP contribution is -2.34. The number of carbonyl (C=O) groups is 1. The third-order valence-electron chi connectivity index (χ3n) is 2.15. The Morgan fingerprint density at radius 1 is 1.47 bits per heavy atom. The minimum atomic E-state index is -0.835. The summed E-state index contributed by atoms with van der Waals surface area (Å²) in [6, 6.07) is 1.97. The van der Waals surface area contributed by atoms with Gasteiger partial charge in [-0.2, -0.15) is 0 Å². The molecule has 1 unspecified atom stereocenters. The van der Waals surface area contributed by atoms with E-state index >= 15 is 0 Å². The highest BCUT2D eigenvalue weighted by atomic mass is 35.5. The summed E-state index contributed by atoms with van der Waals surface area (Å²) in [5.74, 6) is -0.558. The fourth-order valence-corrected chi connectivity index (χ4v) is 1.65. The molecule has 0 saturated heterocycles. The van der Waals surface area contributed by atoms with E-state index < -0.39 is 12.0 Å². The van der Waals surface area contributed by atoms with Gasteiger partial charge in [0.1, 0.15) is 11.8 Å². The van der Waals surface area contributed by atoms with Gasteiger partial charge in [-0.25, -0.2) is 0 Å². The van der Waals surface area contributed by atoms with Gasteiger partial charge < -0.3 is 15.6 Å². The quantitative estimate of drug-likeness (QED) is 0.827. The molecule has 17 heavy (non-hydrogen) atoms. The Kier molecular flexibility index (Phi) is 5.05. The van der Waals surface area contributed by atoms with Gasteiger partial charge in [0.05, 0.1) is 16.7 Å². The van der Waals surface area contributed by atoms with Crippen LogP contribution in [-0.2, 0) is 16.0 Å². The molecule has 1 aromatic rings. The molecule has 0 saturated carbocycles. The molecule has 0 aromatic heterocycles. The van der Waals surface area contributed by atoms with Crippen molar-refractivity contribution in [3.8, 4) is 5.75 Å². The maximum absolute atomic E-state index is 11.3. The molecule has 0 fully saturated rings. The zero-order valence-electron chi connectivity index (χ0n) is 9.24. The normalized spacial score (nSPS) is 12.2. The summed E-state index contributed by atoms with van der Waals surface area (Å²) < 4.78 is 4.77. The number of hydrogen-bond donors (Lipinski definition) is 2. The van der Waals surface area contributed by atoms with Crippen LogP contribution in [0.15, 0.2) is 12.1 Å². The number of hydrogen-bond acceptors (Lipinski definition) is 4. The fraction of sp³-hybridized carbons (Fsp3) is 0.364. The van der Waals surface area contributed by atoms with Crippen molar-refractivity contribution >= 4 is 29.2 Å². The van der Waals surface area contributed by atoms with Gasteiger partial charge in [-0.1, -0.05) is 23.2 Å². The van der Waals surface area contributed by atoms with E-state index in [0.29, 0.717) is 10.6 Å². The Labute approximate surface area is 109 Å². The first kappa shape index (κ1) is 14.1. The first-order chi connectivity index (χ1) is 7.95. The highest BCUT2D eigenvalue weighted by Gasteiger charge is 2.17. The number of rotatable bonds is 4. The van der Waals surface area contributed by atoms with Crippen molar-refractivity contribution in [1.29, 1.82) is 0 Å². The van der Waals surface area contributed by atoms with Crippen molar-refractivity contribution in [2.24, 2.45) is 5.73 Å². The second-order valence-electron chi connectivity index (χ2n) is 3.46. The minimum absolute atomic E-state index is 0.0425. The Balaban J connectivity index is 2.81. The summed E-state index contributed by atoms with van der Waals surface area (Å²) in [4.78, 5) is 11.3. The number of phenols is 1. The molecule has 4 nitrogen and oxygen atoms in total. The molecular formula is C11H13Cl2NO3. The summed E-state index contributed by atoms with van der Waals surface area (Å²) in [7, 11) is 0. The summed E-state index contributed by atoms with van der Waals surface area (Å²) in [6.45, 7) is 1.96. The van der Waals surface area contributed by atoms with Crippen molar-refractivity contribution in [1.82, 2.24) is 0 Å². The van der Waals surface area contributed by atoms with E-state index in [1.807, 2.05) is 0 Å². The number of halogens is 2. The molecule has 6 heteroatoms. The predicted molar refractivity (Wildman–Crippen MR) is 66.4 cm³/mol. The molecule has 0 heterocycles. The highest BCUT2D eigenvalue weighted by Crippen LogP contribution is 2.30. The number of nitrogens with two attached hydrogens (primary N) is 1. The maximum Gasteiger partial charge on any atom is 0.323 e. The number of esters is 1. The standard InChI is InChI=1S/C11H13Cl2NO3/c1-2-17-11(16)9(14)4-6-3-7(12)8(13)5-10(6)15/h3,5,9,15H,2,4,14H2,1H3. The first-order valence-electron chi connectivity index (χ1n) is 5.04. The monoisotopic (exact) mass is 277 g/mol. The van der Waals surface area contributed by atoms with Crippen LogP contribution in [0.25, 0.3) is 0 Å². The van der Waals surface area contributed by atoms with E-state index in [2.05, 4.69) is 0 Å². The molecule has 0 amide bonds. The number of ether oxygens (including phenoxy) is 1. The smallest absolute Gasteiger partial charge is 0.323 e. The van der Waals surface area contributed by atoms with Gasteiger partial charge in [-0.15, -0.1) is 0 Å². The summed E-state index contributed by atoms with van der Waals surface area (Å²) >= 11 is 11.5. The first-order valence-corrected chi connectivity index (χ1v) is 5.80. The average Bonchev–Trinajstić information content (AvgIpc) is 2.26. The molecule has 1 rings (SSSR count). The van der Waals surface area contributed by atoms with Crippen LogP contribution in [0.3, 0.4) is 0 Å². The van der Waals surface area contributed by atoms with Crippen LogP contribution < -0.4 is 5.73 Å². The zero-order chi connectivity index (χ0) is 13.0. The van der Waals surface area contributed by atoms with Crippen LogP contribution in [0, 0.1) is 0 Å². The van der Waals surface area contributed by atoms with E-state index in [9.17, 15) is 9.90 Å². The molecule has 94 valence electrons. The largest absolute Gasteiger partial charge is 0.508 e. The van der Waals surface area contributed by atoms with Crippen LogP contribution in [0.1, 0.15) is 12.5 Å². The molecule has 0 bridgehead atoms. The minimum Gasteiger partial charge on any atom is -0.508 e. The van der Waals surface area contributed by atoms with Crippen molar-refractivity contribution in [3.05, 3.63) is 27.7 Å². The van der Waals surface area contributed by atoms with Crippen LogP contribution in [0.4, 0.5) is 0 Å². The number of carbonyl (C=O) groups excluding carboxylic acids is 1. The van der Waals surface area contributed by atoms with Gasteiger partial charge in [0.25, 0.3) is 0 Å². The van der Waals surface area contributed by atoms with Gasteiger partial charge in [0.15, 0.2) is 0 Å². The van der Waals surface area contributed by atoms with Crippen molar-refractivity contribution in [3.63, 3.8) is 0 Å². The molecule has 1 aromatic carbocycles. The van der Waals surface area contributed by atoms with Crippen LogP contribution in [0.5, 0.6) is 5.75 Å². The van der Waals surface area contributed by atoms with E-state index in [0.717, 1.165) is 0 Å². The van der Waals surface area contributed by atoms with Gasteiger partial charge in [0.2, 0.25) is 0 Å². The lowest BCUT2D eigenvalue weighted by atomic mass is 10.1. The molecule has 0 radical (unpaired) electrons. The van der Waals surface area contributed by atoms with Gasteiger partial charge in [-0.3, -0.25) is 4.79 Å². The van der Waals surface area contributed by atoms with Crippen molar-refractivity contribution < 1.29 is 14.6 Å². The lowest BCUT2D eigenvalue weighted by Gasteiger charge is -2.12. The molecule has 0 spiro atoms. The highest BCUT2D eigenvalue weighted by molar-refractivity contribution is 6.42. The van der Waals surface area contributed by atoms with E-state index in [4.69, 9.17) is 33.7 Å². The molecule has 0 aliphatic rings. The molecule has 0 aliphatic carbocycles. The van der Waals surface area contributed by atoms with E-state index in [1.165, 1.54) is 12.1 Å². The third kappa shape index (κ3) is 3.77. The number of benzene rings is 1. The van der Waals surface area contributed by atoms with E-state index in [-0.39, 0.29) is 23.8 Å². The summed E-state index contributed by atoms with van der Waals surface area (Å²) in [6.07, 6.45) is 0.140. The second-order valence-corrected chi connectivity index (χ2v) is 4.27. The Bertz CT molecular complexity index is 423. The SMILES string of the molecule is CCOC(=O)C(N)Cc1cc(Cl)c(Cl)cc1O. The van der Waals surface area contributed by atoms with Gasteiger partial charge in [-0.05, 0) is 18.6 Å². The number of aromatic hydroxyl groups is 1. The Morgan fingerprint density at radius 3 is 2.65 bits per heavy atom. The van der Waals surface area contributed by atoms with Crippen LogP contribution in [-0.4, -0.2) is 23.7 Å². The molecular weight excluding hydrogens is 265 g/mol. The topological polar surface area (TPSA) is 72.5 Å². The maximum atomic E-state index is 11.3. The molecule has 1 atom stereocenters. The van der Waals surface area contributed by atoms with Gasteiger partial charge in [0, 0.05) is 12.5 Å². The van der Waals surface area contributed by atoms with E-state index in [1.54, 1.807) is 6.92 Å². The molecule has 0 aliphatic heterocycles. The fourth-order valence-electron chi connectivity index (χ4n) is 1.31. The summed E-state index contributed by atoms with van der Waals surface area (Å²) in [5.41, 5.74) is 6.09. The zero-order valence-corrected chi connectivity index (χ0v) is 10.8. The van der Waals surface area contributed by atoms with Crippen LogP contribution >= 0.6 is 23.2 Å². The third-order valence-corrected chi connectivity index (χ3v) is 2.87. The molecule has 3 N–H and O–H groups in total.